The SMILES string of the molecule is COc1cccc2[nH]c(C(=O)N[C@@H](CC3CCC3)C(=O)N3C[C@]4(C[C@H]3N)C(=O)Nc3ccccc34)cc12. The fraction of sp³-hybridized carbons (Fsp3) is 0.393. The van der Waals surface area contributed by atoms with E-state index in [1.165, 1.54) is 0 Å². The van der Waals surface area contributed by atoms with Crippen molar-refractivity contribution in [3.05, 3.63) is 59.8 Å². The summed E-state index contributed by atoms with van der Waals surface area (Å²) < 4.78 is 5.41. The second-order valence-corrected chi connectivity index (χ2v) is 10.5. The van der Waals surface area contributed by atoms with Crippen LogP contribution in [0.15, 0.2) is 48.5 Å². The Kier molecular flexibility index (Phi) is 5.67. The quantitative estimate of drug-likeness (QED) is 0.413. The van der Waals surface area contributed by atoms with Crippen LogP contribution in [0.2, 0.25) is 0 Å². The van der Waals surface area contributed by atoms with E-state index in [1.807, 2.05) is 42.5 Å². The second-order valence-electron chi connectivity index (χ2n) is 10.5. The lowest BCUT2D eigenvalue weighted by Crippen LogP contribution is -2.53. The minimum absolute atomic E-state index is 0.133. The summed E-state index contributed by atoms with van der Waals surface area (Å²) in [6, 6.07) is 14.1. The largest absolute Gasteiger partial charge is 0.496 e. The predicted molar refractivity (Wildman–Crippen MR) is 139 cm³/mol. The molecule has 3 atom stereocenters. The van der Waals surface area contributed by atoms with E-state index in [-0.39, 0.29) is 24.3 Å². The van der Waals surface area contributed by atoms with Gasteiger partial charge in [-0.15, -0.1) is 0 Å². The molecule has 0 unspecified atom stereocenters. The molecule has 9 nitrogen and oxygen atoms in total. The van der Waals surface area contributed by atoms with Gasteiger partial charge in [0.25, 0.3) is 5.91 Å². The Balaban J connectivity index is 1.26. The van der Waals surface area contributed by atoms with E-state index < -0.39 is 17.6 Å². The number of carbonyl (C=O) groups excluding carboxylic acids is 3. The van der Waals surface area contributed by atoms with Crippen LogP contribution in [0.25, 0.3) is 10.9 Å². The zero-order valence-corrected chi connectivity index (χ0v) is 20.8. The number of nitrogens with two attached hydrogens (primary N) is 1. The number of hydrogen-bond donors (Lipinski definition) is 4. The molecule has 1 aliphatic carbocycles. The van der Waals surface area contributed by atoms with E-state index in [2.05, 4.69) is 15.6 Å². The highest BCUT2D eigenvalue weighted by Gasteiger charge is 2.55. The maximum absolute atomic E-state index is 13.9. The number of amides is 3. The molecular weight excluding hydrogens is 470 g/mol. The highest BCUT2D eigenvalue weighted by atomic mass is 16.5. The highest BCUT2D eigenvalue weighted by Crippen LogP contribution is 2.45. The van der Waals surface area contributed by atoms with Crippen LogP contribution in [0.3, 0.4) is 0 Å². The molecule has 9 heteroatoms. The van der Waals surface area contributed by atoms with Crippen LogP contribution in [0.1, 0.15) is 48.2 Å². The minimum Gasteiger partial charge on any atom is -0.496 e. The zero-order valence-electron chi connectivity index (χ0n) is 20.8. The Morgan fingerprint density at radius 2 is 2.03 bits per heavy atom. The summed E-state index contributed by atoms with van der Waals surface area (Å²) in [5.74, 6) is 0.308. The maximum atomic E-state index is 13.9. The third kappa shape index (κ3) is 3.85. The van der Waals surface area contributed by atoms with Gasteiger partial charge in [-0.3, -0.25) is 14.4 Å². The van der Waals surface area contributed by atoms with Crippen molar-refractivity contribution in [3.8, 4) is 5.75 Å². The molecule has 1 saturated heterocycles. The zero-order chi connectivity index (χ0) is 25.7. The van der Waals surface area contributed by atoms with Crippen LogP contribution in [-0.4, -0.2) is 53.5 Å². The molecule has 1 saturated carbocycles. The van der Waals surface area contributed by atoms with Gasteiger partial charge in [-0.1, -0.05) is 43.5 Å². The van der Waals surface area contributed by atoms with E-state index in [1.54, 1.807) is 18.1 Å². The van der Waals surface area contributed by atoms with Gasteiger partial charge in [0.15, 0.2) is 0 Å². The molecule has 1 spiro atoms. The number of fused-ring (bicyclic) bond motifs is 3. The summed E-state index contributed by atoms with van der Waals surface area (Å²) in [5, 5.41) is 6.73. The first-order valence-corrected chi connectivity index (χ1v) is 12.8. The lowest BCUT2D eigenvalue weighted by Gasteiger charge is -2.33. The number of rotatable bonds is 6. The Morgan fingerprint density at radius 1 is 1.22 bits per heavy atom. The monoisotopic (exact) mass is 501 g/mol. The van der Waals surface area contributed by atoms with E-state index in [9.17, 15) is 14.4 Å². The van der Waals surface area contributed by atoms with Gasteiger partial charge in [0.05, 0.1) is 18.7 Å². The molecule has 3 amide bonds. The van der Waals surface area contributed by atoms with Crippen LogP contribution in [0, 0.1) is 5.92 Å². The minimum atomic E-state index is -0.871. The summed E-state index contributed by atoms with van der Waals surface area (Å²) >= 11 is 0. The van der Waals surface area contributed by atoms with E-state index in [0.717, 1.165) is 41.4 Å². The molecule has 3 aromatic rings. The number of benzene rings is 2. The standard InChI is InChI=1S/C28H31N5O4/c1-37-23-11-5-10-19-17(23)13-21(30-19)25(34)31-22(12-16-6-4-7-16)26(35)33-15-28(14-24(33)29)18-8-2-3-9-20(18)32-27(28)36/h2-3,5,8-11,13,16,22,24,30H,4,6-7,12,14-15,29H2,1H3,(H,31,34)(H,32,36)/t22-,24-,28-/m0/s1. The summed E-state index contributed by atoms with van der Waals surface area (Å²) in [5.41, 5.74) is 8.39. The van der Waals surface area contributed by atoms with E-state index in [0.29, 0.717) is 30.2 Å². The van der Waals surface area contributed by atoms with Crippen LogP contribution < -0.4 is 21.1 Å². The van der Waals surface area contributed by atoms with Gasteiger partial charge >= 0.3 is 0 Å². The molecule has 2 fully saturated rings. The molecule has 6 rings (SSSR count). The summed E-state index contributed by atoms with van der Waals surface area (Å²) in [6.07, 6.45) is 3.47. The number of H-pyrrole nitrogens is 1. The third-order valence-corrected chi connectivity index (χ3v) is 8.29. The number of nitrogens with zero attached hydrogens (tertiary/aromatic N) is 1. The van der Waals surface area contributed by atoms with Crippen molar-refractivity contribution >= 4 is 34.3 Å². The van der Waals surface area contributed by atoms with Crippen molar-refractivity contribution in [2.75, 3.05) is 19.0 Å². The lowest BCUT2D eigenvalue weighted by atomic mass is 9.80. The maximum Gasteiger partial charge on any atom is 0.268 e. The van der Waals surface area contributed by atoms with E-state index in [4.69, 9.17) is 10.5 Å². The molecule has 0 bridgehead atoms. The molecule has 5 N–H and O–H groups in total. The van der Waals surface area contributed by atoms with Crippen LogP contribution >= 0.6 is 0 Å². The van der Waals surface area contributed by atoms with Gasteiger partial charge in [0.2, 0.25) is 11.8 Å². The van der Waals surface area contributed by atoms with Crippen molar-refractivity contribution in [3.63, 3.8) is 0 Å². The first-order chi connectivity index (χ1) is 17.9. The first kappa shape index (κ1) is 23.5. The molecule has 1 aromatic heterocycles. The fourth-order valence-electron chi connectivity index (χ4n) is 6.06. The smallest absolute Gasteiger partial charge is 0.268 e. The van der Waals surface area contributed by atoms with Crippen molar-refractivity contribution < 1.29 is 19.1 Å². The van der Waals surface area contributed by atoms with Gasteiger partial charge in [-0.25, -0.2) is 0 Å². The molecular formula is C28H31N5O4. The number of anilines is 1. The van der Waals surface area contributed by atoms with Crippen molar-refractivity contribution in [1.29, 1.82) is 0 Å². The average molecular weight is 502 g/mol. The number of aromatic amines is 1. The van der Waals surface area contributed by atoms with Crippen molar-refractivity contribution in [2.24, 2.45) is 11.7 Å². The number of likely N-dealkylation sites (tertiary alicyclic amines) is 1. The predicted octanol–water partition coefficient (Wildman–Crippen LogP) is 2.87. The topological polar surface area (TPSA) is 130 Å². The van der Waals surface area contributed by atoms with Gasteiger partial charge in [-0.2, -0.15) is 0 Å². The van der Waals surface area contributed by atoms with Crippen molar-refractivity contribution in [1.82, 2.24) is 15.2 Å². The Bertz CT molecular complexity index is 1400. The summed E-state index contributed by atoms with van der Waals surface area (Å²) in [7, 11) is 1.59. The van der Waals surface area contributed by atoms with E-state index >= 15 is 0 Å². The second kappa shape index (κ2) is 8.92. The van der Waals surface area contributed by atoms with Gasteiger partial charge in [0, 0.05) is 29.6 Å². The van der Waals surface area contributed by atoms with Crippen LogP contribution in [0.5, 0.6) is 5.75 Å². The van der Waals surface area contributed by atoms with Gasteiger partial charge in [0.1, 0.15) is 17.5 Å². The fourth-order valence-corrected chi connectivity index (χ4v) is 6.06. The number of aromatic nitrogens is 1. The number of carbonyl (C=O) groups is 3. The number of ether oxygens (including phenoxy) is 1. The lowest BCUT2D eigenvalue weighted by molar-refractivity contribution is -0.135. The molecule has 2 aromatic carbocycles. The highest BCUT2D eigenvalue weighted by molar-refractivity contribution is 6.07. The van der Waals surface area contributed by atoms with Gasteiger partial charge < -0.3 is 31.0 Å². The van der Waals surface area contributed by atoms with Crippen LogP contribution in [-0.2, 0) is 15.0 Å². The number of nitrogens with one attached hydrogen (secondary N) is 3. The molecule has 0 radical (unpaired) electrons. The molecule has 2 aliphatic heterocycles. The third-order valence-electron chi connectivity index (χ3n) is 8.29. The molecule has 3 aliphatic rings. The normalized spacial score (nSPS) is 23.6. The number of para-hydroxylation sites is 1. The first-order valence-electron chi connectivity index (χ1n) is 12.8. The van der Waals surface area contributed by atoms with Gasteiger partial charge in [-0.05, 0) is 42.2 Å². The van der Waals surface area contributed by atoms with Crippen LogP contribution in [0.4, 0.5) is 5.69 Å². The number of hydrogen-bond acceptors (Lipinski definition) is 5. The Hall–Kier alpha value is -3.85. The summed E-state index contributed by atoms with van der Waals surface area (Å²) in [4.78, 5) is 45.0. The van der Waals surface area contributed by atoms with Crippen molar-refractivity contribution in [2.45, 2.75) is 49.7 Å². The molecule has 192 valence electrons. The Labute approximate surface area is 214 Å². The number of methoxy groups -OCH3 is 1. The Morgan fingerprint density at radius 3 is 2.78 bits per heavy atom. The molecule has 3 heterocycles. The summed E-state index contributed by atoms with van der Waals surface area (Å²) in [6.45, 7) is 0.191. The average Bonchev–Trinajstić information content (AvgIpc) is 3.54. The molecule has 37 heavy (non-hydrogen) atoms.